The van der Waals surface area contributed by atoms with Gasteiger partial charge in [0.15, 0.2) is 0 Å². The summed E-state index contributed by atoms with van der Waals surface area (Å²) in [5.74, 6) is 0.810. The summed E-state index contributed by atoms with van der Waals surface area (Å²) in [4.78, 5) is 0. The molecule has 1 saturated heterocycles. The van der Waals surface area contributed by atoms with Gasteiger partial charge in [0.05, 0.1) is 18.8 Å². The van der Waals surface area contributed by atoms with Crippen molar-refractivity contribution in [1.29, 1.82) is 0 Å². The lowest BCUT2D eigenvalue weighted by molar-refractivity contribution is -0.0759. The average Bonchev–Trinajstić information content (AvgIpc) is 2.24. The maximum absolute atomic E-state index is 9.40. The topological polar surface area (TPSA) is 55.5 Å². The van der Waals surface area contributed by atoms with Crippen LogP contribution in [0.3, 0.4) is 0 Å². The highest BCUT2D eigenvalue weighted by Crippen LogP contribution is 2.30. The van der Waals surface area contributed by atoms with E-state index in [4.69, 9.17) is 10.5 Å². The van der Waals surface area contributed by atoms with Crippen molar-refractivity contribution in [2.24, 2.45) is 11.7 Å². The highest BCUT2D eigenvalue weighted by atomic mass is 16.5. The zero-order valence-electron chi connectivity index (χ0n) is 9.40. The van der Waals surface area contributed by atoms with E-state index in [2.05, 4.69) is 0 Å². The van der Waals surface area contributed by atoms with E-state index in [1.165, 1.54) is 32.1 Å². The van der Waals surface area contributed by atoms with Crippen molar-refractivity contribution in [1.82, 2.24) is 0 Å². The molecular formula is C12H23NO2. The molecule has 0 spiro atoms. The van der Waals surface area contributed by atoms with Crippen molar-refractivity contribution in [3.8, 4) is 0 Å². The van der Waals surface area contributed by atoms with Gasteiger partial charge >= 0.3 is 0 Å². The summed E-state index contributed by atoms with van der Waals surface area (Å²) in [5.41, 5.74) is 6.00. The Morgan fingerprint density at radius 3 is 2.60 bits per heavy atom. The Hall–Kier alpha value is -0.120. The van der Waals surface area contributed by atoms with E-state index >= 15 is 0 Å². The van der Waals surface area contributed by atoms with E-state index in [0.717, 1.165) is 12.3 Å². The van der Waals surface area contributed by atoms with Crippen LogP contribution in [0.5, 0.6) is 0 Å². The summed E-state index contributed by atoms with van der Waals surface area (Å²) < 4.78 is 5.63. The number of aliphatic hydroxyl groups is 1. The summed E-state index contributed by atoms with van der Waals surface area (Å²) in [6, 6.07) is 0.0377. The molecule has 3 unspecified atom stereocenters. The van der Waals surface area contributed by atoms with Crippen LogP contribution >= 0.6 is 0 Å². The maximum atomic E-state index is 9.40. The molecule has 1 heterocycles. The van der Waals surface area contributed by atoms with Crippen molar-refractivity contribution in [3.05, 3.63) is 0 Å². The SMILES string of the molecule is NC1CC(O)COC1CC1CCCCC1. The molecule has 3 heteroatoms. The molecule has 2 aliphatic rings. The van der Waals surface area contributed by atoms with Gasteiger partial charge in [-0.1, -0.05) is 32.1 Å². The van der Waals surface area contributed by atoms with Gasteiger partial charge in [-0.2, -0.15) is 0 Å². The lowest BCUT2D eigenvalue weighted by Gasteiger charge is -2.35. The summed E-state index contributed by atoms with van der Waals surface area (Å²) >= 11 is 0. The summed E-state index contributed by atoms with van der Waals surface area (Å²) in [6.07, 6.45) is 8.48. The van der Waals surface area contributed by atoms with Crippen molar-refractivity contribution in [2.45, 2.75) is 63.2 Å². The van der Waals surface area contributed by atoms with Crippen LogP contribution in [-0.4, -0.2) is 30.0 Å². The Labute approximate surface area is 92.0 Å². The number of rotatable bonds is 2. The first-order valence-electron chi connectivity index (χ1n) is 6.31. The fraction of sp³-hybridized carbons (Fsp3) is 1.00. The van der Waals surface area contributed by atoms with Crippen LogP contribution in [0.25, 0.3) is 0 Å². The number of hydrogen-bond donors (Lipinski definition) is 2. The Morgan fingerprint density at radius 2 is 1.93 bits per heavy atom. The molecule has 3 nitrogen and oxygen atoms in total. The third kappa shape index (κ3) is 3.16. The van der Waals surface area contributed by atoms with Gasteiger partial charge in [0.25, 0.3) is 0 Å². The van der Waals surface area contributed by atoms with Gasteiger partial charge in [-0.15, -0.1) is 0 Å². The molecule has 88 valence electrons. The predicted octanol–water partition coefficient (Wildman–Crippen LogP) is 1.43. The molecule has 0 radical (unpaired) electrons. The van der Waals surface area contributed by atoms with Crippen LogP contribution in [0.1, 0.15) is 44.9 Å². The van der Waals surface area contributed by atoms with Crippen LogP contribution < -0.4 is 5.73 Å². The van der Waals surface area contributed by atoms with Crippen LogP contribution in [0.4, 0.5) is 0 Å². The molecule has 1 saturated carbocycles. The first-order chi connectivity index (χ1) is 7.25. The minimum Gasteiger partial charge on any atom is -0.391 e. The lowest BCUT2D eigenvalue weighted by Crippen LogP contribution is -2.47. The van der Waals surface area contributed by atoms with E-state index < -0.39 is 0 Å². The van der Waals surface area contributed by atoms with Crippen LogP contribution in [0.2, 0.25) is 0 Å². The van der Waals surface area contributed by atoms with E-state index in [-0.39, 0.29) is 18.2 Å². The second-order valence-corrected chi connectivity index (χ2v) is 5.16. The molecule has 0 aromatic rings. The van der Waals surface area contributed by atoms with E-state index in [1.54, 1.807) is 0 Å². The van der Waals surface area contributed by atoms with Gasteiger partial charge in [-0.05, 0) is 18.8 Å². The second kappa shape index (κ2) is 5.28. The molecule has 2 rings (SSSR count). The zero-order valence-corrected chi connectivity index (χ0v) is 9.40. The van der Waals surface area contributed by atoms with Crippen molar-refractivity contribution < 1.29 is 9.84 Å². The Morgan fingerprint density at radius 1 is 1.20 bits per heavy atom. The van der Waals surface area contributed by atoms with Crippen LogP contribution in [0.15, 0.2) is 0 Å². The smallest absolute Gasteiger partial charge is 0.0789 e. The Balaban J connectivity index is 1.77. The van der Waals surface area contributed by atoms with E-state index in [0.29, 0.717) is 13.0 Å². The van der Waals surface area contributed by atoms with Crippen molar-refractivity contribution in [3.63, 3.8) is 0 Å². The molecule has 0 aromatic heterocycles. The minimum absolute atomic E-state index is 0.0377. The molecule has 3 atom stereocenters. The summed E-state index contributed by atoms with van der Waals surface area (Å²) in [6.45, 7) is 0.477. The van der Waals surface area contributed by atoms with Gasteiger partial charge in [0, 0.05) is 6.04 Å². The van der Waals surface area contributed by atoms with E-state index in [9.17, 15) is 5.11 Å². The van der Waals surface area contributed by atoms with Crippen LogP contribution in [-0.2, 0) is 4.74 Å². The molecule has 0 bridgehead atoms. The van der Waals surface area contributed by atoms with Gasteiger partial charge < -0.3 is 15.6 Å². The molecule has 15 heavy (non-hydrogen) atoms. The molecule has 2 fully saturated rings. The fourth-order valence-corrected chi connectivity index (χ4v) is 2.89. The quantitative estimate of drug-likeness (QED) is 0.729. The van der Waals surface area contributed by atoms with Crippen molar-refractivity contribution in [2.75, 3.05) is 6.61 Å². The lowest BCUT2D eigenvalue weighted by atomic mass is 9.83. The zero-order chi connectivity index (χ0) is 10.7. The average molecular weight is 213 g/mol. The molecule has 0 amide bonds. The highest BCUT2D eigenvalue weighted by molar-refractivity contribution is 4.84. The number of ether oxygens (including phenoxy) is 1. The molecule has 0 aromatic carbocycles. The summed E-state index contributed by atoms with van der Waals surface area (Å²) in [5, 5.41) is 9.40. The summed E-state index contributed by atoms with van der Waals surface area (Å²) in [7, 11) is 0. The molecular weight excluding hydrogens is 190 g/mol. The highest BCUT2D eigenvalue weighted by Gasteiger charge is 2.30. The van der Waals surface area contributed by atoms with E-state index in [1.807, 2.05) is 0 Å². The third-order valence-electron chi connectivity index (χ3n) is 3.81. The normalized spacial score (nSPS) is 39.2. The van der Waals surface area contributed by atoms with Gasteiger partial charge in [0.2, 0.25) is 0 Å². The second-order valence-electron chi connectivity index (χ2n) is 5.16. The van der Waals surface area contributed by atoms with Gasteiger partial charge in [-0.25, -0.2) is 0 Å². The minimum atomic E-state index is -0.345. The molecule has 3 N–H and O–H groups in total. The third-order valence-corrected chi connectivity index (χ3v) is 3.81. The first kappa shape index (κ1) is 11.4. The molecule has 1 aliphatic heterocycles. The standard InChI is InChI=1S/C12H23NO2/c13-11-7-10(14)8-15-12(11)6-9-4-2-1-3-5-9/h9-12,14H,1-8,13H2. The first-order valence-corrected chi connectivity index (χ1v) is 6.31. The number of hydrogen-bond acceptors (Lipinski definition) is 3. The Kier molecular flexibility index (Phi) is 4.00. The monoisotopic (exact) mass is 213 g/mol. The predicted molar refractivity (Wildman–Crippen MR) is 59.5 cm³/mol. The largest absolute Gasteiger partial charge is 0.391 e. The maximum Gasteiger partial charge on any atom is 0.0789 e. The van der Waals surface area contributed by atoms with Crippen molar-refractivity contribution >= 4 is 0 Å². The van der Waals surface area contributed by atoms with Crippen LogP contribution in [0, 0.1) is 5.92 Å². The molecule has 1 aliphatic carbocycles. The van der Waals surface area contributed by atoms with Gasteiger partial charge in [-0.3, -0.25) is 0 Å². The van der Waals surface area contributed by atoms with Gasteiger partial charge in [0.1, 0.15) is 0 Å². The number of aliphatic hydroxyl groups excluding tert-OH is 1. The number of nitrogens with two attached hydrogens (primary N) is 1. The Bertz CT molecular complexity index is 192. The fourth-order valence-electron chi connectivity index (χ4n) is 2.89.